The molecule has 7 heteroatoms. The molecule has 29 heavy (non-hydrogen) atoms. The van der Waals surface area contributed by atoms with E-state index in [-0.39, 0.29) is 12.3 Å². The second-order valence-corrected chi connectivity index (χ2v) is 7.32. The van der Waals surface area contributed by atoms with Gasteiger partial charge < -0.3 is 10.6 Å². The number of nitrogens with one attached hydrogen (secondary N) is 2. The standard InChI is InChI=1S/C22H23N3O4/c1-15(26)17-8-10-18(11-9-17)23-19(27)14-25-20(28)22(2,24-21(25)29)13-12-16-6-4-3-5-7-16/h3-11H,12-14H2,1-2H3,(H,23,27)(H,24,29)/t22-/m0/s1. The summed E-state index contributed by atoms with van der Waals surface area (Å²) in [6.07, 6.45) is 1.07. The number of hydrogen-bond acceptors (Lipinski definition) is 4. The minimum Gasteiger partial charge on any atom is -0.325 e. The van der Waals surface area contributed by atoms with Crippen LogP contribution in [0.5, 0.6) is 0 Å². The molecule has 0 spiro atoms. The number of anilines is 1. The third-order valence-electron chi connectivity index (χ3n) is 4.98. The molecule has 1 aliphatic rings. The molecule has 2 aromatic rings. The van der Waals surface area contributed by atoms with Gasteiger partial charge in [0.05, 0.1) is 0 Å². The van der Waals surface area contributed by atoms with Crippen molar-refractivity contribution in [1.82, 2.24) is 10.2 Å². The average molecular weight is 393 g/mol. The first kappa shape index (κ1) is 20.3. The predicted octanol–water partition coefficient (Wildman–Crippen LogP) is 2.77. The van der Waals surface area contributed by atoms with Crippen LogP contribution in [0.3, 0.4) is 0 Å². The quantitative estimate of drug-likeness (QED) is 0.558. The van der Waals surface area contributed by atoms with Crippen LogP contribution in [0.15, 0.2) is 54.6 Å². The van der Waals surface area contributed by atoms with E-state index in [9.17, 15) is 19.2 Å². The molecule has 0 saturated carbocycles. The Morgan fingerprint density at radius 1 is 1.03 bits per heavy atom. The van der Waals surface area contributed by atoms with Crippen molar-refractivity contribution in [1.29, 1.82) is 0 Å². The monoisotopic (exact) mass is 393 g/mol. The lowest BCUT2D eigenvalue weighted by atomic mass is 9.93. The van der Waals surface area contributed by atoms with Crippen molar-refractivity contribution in [2.24, 2.45) is 0 Å². The van der Waals surface area contributed by atoms with Crippen molar-refractivity contribution in [2.45, 2.75) is 32.2 Å². The van der Waals surface area contributed by atoms with Gasteiger partial charge in [-0.3, -0.25) is 19.3 Å². The van der Waals surface area contributed by atoms with Crippen LogP contribution in [0.4, 0.5) is 10.5 Å². The van der Waals surface area contributed by atoms with Gasteiger partial charge in [0.15, 0.2) is 5.78 Å². The highest BCUT2D eigenvalue weighted by Crippen LogP contribution is 2.23. The first-order valence-electron chi connectivity index (χ1n) is 9.37. The molecular formula is C22H23N3O4. The van der Waals surface area contributed by atoms with Gasteiger partial charge in [0, 0.05) is 11.3 Å². The second-order valence-electron chi connectivity index (χ2n) is 7.32. The normalized spacial score (nSPS) is 18.5. The molecule has 1 saturated heterocycles. The molecule has 0 unspecified atom stereocenters. The predicted molar refractivity (Wildman–Crippen MR) is 108 cm³/mol. The van der Waals surface area contributed by atoms with E-state index in [1.165, 1.54) is 6.92 Å². The number of rotatable bonds is 7. The Morgan fingerprint density at radius 3 is 2.31 bits per heavy atom. The van der Waals surface area contributed by atoms with Gasteiger partial charge in [-0.25, -0.2) is 4.79 Å². The van der Waals surface area contributed by atoms with Crippen LogP contribution in [0.25, 0.3) is 0 Å². The molecule has 4 amide bonds. The number of amides is 4. The fourth-order valence-corrected chi connectivity index (χ4v) is 3.23. The van der Waals surface area contributed by atoms with Gasteiger partial charge >= 0.3 is 6.03 Å². The van der Waals surface area contributed by atoms with Crippen LogP contribution in [-0.2, 0) is 16.0 Å². The van der Waals surface area contributed by atoms with E-state index in [0.717, 1.165) is 10.5 Å². The van der Waals surface area contributed by atoms with E-state index >= 15 is 0 Å². The zero-order valence-corrected chi connectivity index (χ0v) is 16.4. The van der Waals surface area contributed by atoms with E-state index in [2.05, 4.69) is 10.6 Å². The number of carbonyl (C=O) groups excluding carboxylic acids is 4. The number of aryl methyl sites for hydroxylation is 1. The zero-order valence-electron chi connectivity index (χ0n) is 16.4. The molecule has 0 aromatic heterocycles. The molecule has 1 atom stereocenters. The van der Waals surface area contributed by atoms with Crippen LogP contribution in [-0.4, -0.2) is 40.6 Å². The van der Waals surface area contributed by atoms with Crippen molar-refractivity contribution in [2.75, 3.05) is 11.9 Å². The Hall–Kier alpha value is -3.48. The number of urea groups is 1. The summed E-state index contributed by atoms with van der Waals surface area (Å²) in [7, 11) is 0. The minimum atomic E-state index is -1.05. The Kier molecular flexibility index (Phi) is 5.77. The summed E-state index contributed by atoms with van der Waals surface area (Å²) >= 11 is 0. The molecule has 0 bridgehead atoms. The Morgan fingerprint density at radius 2 is 1.69 bits per heavy atom. The van der Waals surface area contributed by atoms with Crippen LogP contribution in [0, 0.1) is 0 Å². The van der Waals surface area contributed by atoms with E-state index < -0.39 is 23.4 Å². The van der Waals surface area contributed by atoms with Crippen molar-refractivity contribution < 1.29 is 19.2 Å². The van der Waals surface area contributed by atoms with Gasteiger partial charge in [-0.1, -0.05) is 30.3 Å². The molecule has 7 nitrogen and oxygen atoms in total. The van der Waals surface area contributed by atoms with Crippen molar-refractivity contribution in [3.63, 3.8) is 0 Å². The minimum absolute atomic E-state index is 0.0722. The fourth-order valence-electron chi connectivity index (χ4n) is 3.23. The first-order chi connectivity index (χ1) is 13.8. The summed E-state index contributed by atoms with van der Waals surface area (Å²) in [6.45, 7) is 2.76. The van der Waals surface area contributed by atoms with Crippen LogP contribution in [0.1, 0.15) is 36.2 Å². The molecule has 2 N–H and O–H groups in total. The number of Topliss-reactive ketones (excluding diaryl/α,β-unsaturated/α-hetero) is 1. The summed E-state index contributed by atoms with van der Waals surface area (Å²) in [5.74, 6) is -0.978. The second kappa shape index (κ2) is 8.26. The topological polar surface area (TPSA) is 95.6 Å². The molecule has 0 radical (unpaired) electrons. The highest BCUT2D eigenvalue weighted by atomic mass is 16.2. The SMILES string of the molecule is CC(=O)c1ccc(NC(=O)CN2C(=O)N[C@@](C)(CCc3ccccc3)C2=O)cc1. The van der Waals surface area contributed by atoms with E-state index in [1.807, 2.05) is 30.3 Å². The van der Waals surface area contributed by atoms with Gasteiger partial charge in [0.1, 0.15) is 12.1 Å². The smallest absolute Gasteiger partial charge is 0.325 e. The summed E-state index contributed by atoms with van der Waals surface area (Å²) < 4.78 is 0. The third-order valence-corrected chi connectivity index (χ3v) is 4.98. The summed E-state index contributed by atoms with van der Waals surface area (Å²) in [5.41, 5.74) is 1.04. The van der Waals surface area contributed by atoms with Crippen molar-refractivity contribution in [3.05, 3.63) is 65.7 Å². The molecule has 1 heterocycles. The Labute approximate surface area is 169 Å². The van der Waals surface area contributed by atoms with Crippen LogP contribution >= 0.6 is 0 Å². The van der Waals surface area contributed by atoms with Gasteiger partial charge in [0.2, 0.25) is 5.91 Å². The van der Waals surface area contributed by atoms with Crippen molar-refractivity contribution in [3.8, 4) is 0 Å². The summed E-state index contributed by atoms with van der Waals surface area (Å²) in [6, 6.07) is 15.5. The maximum atomic E-state index is 12.8. The Bertz CT molecular complexity index is 940. The average Bonchev–Trinajstić information content (AvgIpc) is 2.91. The van der Waals surface area contributed by atoms with E-state index in [1.54, 1.807) is 31.2 Å². The van der Waals surface area contributed by atoms with Gasteiger partial charge in [-0.15, -0.1) is 0 Å². The molecule has 0 aliphatic carbocycles. The van der Waals surface area contributed by atoms with Gasteiger partial charge in [-0.2, -0.15) is 0 Å². The number of hydrogen-bond donors (Lipinski definition) is 2. The van der Waals surface area contributed by atoms with E-state index in [4.69, 9.17) is 0 Å². The number of benzene rings is 2. The zero-order chi connectivity index (χ0) is 21.0. The first-order valence-corrected chi connectivity index (χ1v) is 9.37. The lowest BCUT2D eigenvalue weighted by Crippen LogP contribution is -2.45. The van der Waals surface area contributed by atoms with Crippen LogP contribution < -0.4 is 10.6 Å². The van der Waals surface area contributed by atoms with Gasteiger partial charge in [-0.05, 0) is 56.5 Å². The molecular weight excluding hydrogens is 370 g/mol. The number of ketones is 1. The number of imide groups is 1. The largest absolute Gasteiger partial charge is 0.325 e. The number of carbonyl (C=O) groups is 4. The molecule has 1 aliphatic heterocycles. The maximum Gasteiger partial charge on any atom is 0.325 e. The highest BCUT2D eigenvalue weighted by molar-refractivity contribution is 6.10. The Balaban J connectivity index is 1.60. The summed E-state index contributed by atoms with van der Waals surface area (Å²) in [5, 5.41) is 5.35. The van der Waals surface area contributed by atoms with Crippen LogP contribution in [0.2, 0.25) is 0 Å². The number of nitrogens with zero attached hydrogens (tertiary/aromatic N) is 1. The van der Waals surface area contributed by atoms with Crippen molar-refractivity contribution >= 4 is 29.3 Å². The van der Waals surface area contributed by atoms with E-state index in [0.29, 0.717) is 24.1 Å². The molecule has 3 rings (SSSR count). The maximum absolute atomic E-state index is 12.8. The lowest BCUT2D eigenvalue weighted by molar-refractivity contribution is -0.133. The molecule has 1 fully saturated rings. The lowest BCUT2D eigenvalue weighted by Gasteiger charge is -2.21. The highest BCUT2D eigenvalue weighted by Gasteiger charge is 2.47. The third kappa shape index (κ3) is 4.68. The van der Waals surface area contributed by atoms with Gasteiger partial charge in [0.25, 0.3) is 5.91 Å². The fraction of sp³-hybridized carbons (Fsp3) is 0.273. The summed E-state index contributed by atoms with van der Waals surface area (Å²) in [4.78, 5) is 49.6. The molecule has 2 aromatic carbocycles. The molecule has 150 valence electrons.